The summed E-state index contributed by atoms with van der Waals surface area (Å²) in [5.74, 6) is -1.06. The van der Waals surface area contributed by atoms with Crippen molar-refractivity contribution in [2.75, 3.05) is 32.7 Å². The number of carbonyl (C=O) groups is 1. The zero-order valence-corrected chi connectivity index (χ0v) is 14.3. The van der Waals surface area contributed by atoms with Crippen LogP contribution in [-0.4, -0.2) is 55.7 Å². The minimum Gasteiger partial charge on any atom is -0.353 e. The number of carbonyl (C=O) groups excluding carboxylic acids is 1. The summed E-state index contributed by atoms with van der Waals surface area (Å²) in [5.41, 5.74) is -0.724. The standard InChI is InChI=1S/C17H23F4N3O/c1-16(2,12-4-3-5-13(18)10-12)15(25)23-11-14(17(19,20)21)24-8-6-22-7-9-24/h3-5,10,14,22H,6-9,11H2,1-2H3,(H,23,25). The largest absolute Gasteiger partial charge is 0.405 e. The van der Waals surface area contributed by atoms with Crippen molar-refractivity contribution in [2.45, 2.75) is 31.5 Å². The number of halogens is 4. The van der Waals surface area contributed by atoms with Gasteiger partial charge in [-0.2, -0.15) is 13.2 Å². The number of rotatable bonds is 5. The van der Waals surface area contributed by atoms with Gasteiger partial charge in [-0.3, -0.25) is 9.69 Å². The number of piperazine rings is 1. The van der Waals surface area contributed by atoms with Gasteiger partial charge in [-0.25, -0.2) is 4.39 Å². The molecule has 1 atom stereocenters. The van der Waals surface area contributed by atoms with Crippen molar-refractivity contribution < 1.29 is 22.4 Å². The van der Waals surface area contributed by atoms with E-state index < -0.39 is 35.9 Å². The second-order valence-electron chi connectivity index (χ2n) is 6.69. The van der Waals surface area contributed by atoms with Crippen LogP contribution in [-0.2, 0) is 10.2 Å². The minimum atomic E-state index is -4.44. The molecule has 1 aliphatic heterocycles. The number of alkyl halides is 3. The third-order valence-electron chi connectivity index (χ3n) is 4.54. The quantitative estimate of drug-likeness (QED) is 0.789. The van der Waals surface area contributed by atoms with Crippen LogP contribution in [0.1, 0.15) is 19.4 Å². The van der Waals surface area contributed by atoms with E-state index in [0.29, 0.717) is 18.7 Å². The molecule has 1 amide bonds. The van der Waals surface area contributed by atoms with E-state index >= 15 is 0 Å². The molecule has 0 saturated carbocycles. The Hall–Kier alpha value is -1.67. The Bertz CT molecular complexity index is 598. The number of hydrogen-bond donors (Lipinski definition) is 2. The van der Waals surface area contributed by atoms with Gasteiger partial charge in [0.25, 0.3) is 0 Å². The molecule has 0 radical (unpaired) electrons. The Labute approximate surface area is 144 Å². The van der Waals surface area contributed by atoms with Gasteiger partial charge < -0.3 is 10.6 Å². The van der Waals surface area contributed by atoms with Crippen LogP contribution in [0.3, 0.4) is 0 Å². The highest BCUT2D eigenvalue weighted by atomic mass is 19.4. The van der Waals surface area contributed by atoms with Gasteiger partial charge in [0, 0.05) is 32.7 Å². The summed E-state index contributed by atoms with van der Waals surface area (Å²) in [5, 5.41) is 5.41. The first-order valence-electron chi connectivity index (χ1n) is 8.18. The molecule has 1 saturated heterocycles. The summed E-state index contributed by atoms with van der Waals surface area (Å²) in [6.07, 6.45) is -4.44. The Morgan fingerprint density at radius 3 is 2.48 bits per heavy atom. The lowest BCUT2D eigenvalue weighted by Crippen LogP contribution is -2.58. The summed E-state index contributed by atoms with van der Waals surface area (Å²) in [4.78, 5) is 13.8. The molecule has 0 aromatic heterocycles. The number of benzene rings is 1. The second-order valence-corrected chi connectivity index (χ2v) is 6.69. The van der Waals surface area contributed by atoms with Crippen molar-refractivity contribution in [1.82, 2.24) is 15.5 Å². The maximum atomic E-state index is 13.4. The van der Waals surface area contributed by atoms with E-state index in [-0.39, 0.29) is 13.1 Å². The molecule has 1 fully saturated rings. The Balaban J connectivity index is 2.07. The second kappa shape index (κ2) is 7.70. The summed E-state index contributed by atoms with van der Waals surface area (Å²) in [7, 11) is 0. The van der Waals surface area contributed by atoms with Gasteiger partial charge in [0.1, 0.15) is 11.9 Å². The van der Waals surface area contributed by atoms with Crippen molar-refractivity contribution in [1.29, 1.82) is 0 Å². The van der Waals surface area contributed by atoms with Gasteiger partial charge in [0.2, 0.25) is 5.91 Å². The fraction of sp³-hybridized carbons (Fsp3) is 0.588. The molecular formula is C17H23F4N3O. The van der Waals surface area contributed by atoms with Crippen LogP contribution in [0.2, 0.25) is 0 Å². The predicted molar refractivity (Wildman–Crippen MR) is 86.7 cm³/mol. The average molecular weight is 361 g/mol. The number of amides is 1. The number of nitrogens with zero attached hydrogens (tertiary/aromatic N) is 1. The minimum absolute atomic E-state index is 0.271. The van der Waals surface area contributed by atoms with Gasteiger partial charge in [0.05, 0.1) is 5.41 Å². The molecule has 4 nitrogen and oxygen atoms in total. The smallest absolute Gasteiger partial charge is 0.353 e. The number of hydrogen-bond acceptors (Lipinski definition) is 3. The molecule has 1 unspecified atom stereocenters. The molecule has 140 valence electrons. The first kappa shape index (κ1) is 19.7. The fourth-order valence-corrected chi connectivity index (χ4v) is 2.86. The molecule has 0 spiro atoms. The van der Waals surface area contributed by atoms with E-state index in [0.717, 1.165) is 0 Å². The zero-order chi connectivity index (χ0) is 18.7. The van der Waals surface area contributed by atoms with Crippen molar-refractivity contribution in [3.05, 3.63) is 35.6 Å². The molecule has 0 aliphatic carbocycles. The van der Waals surface area contributed by atoms with Crippen molar-refractivity contribution >= 4 is 5.91 Å². The molecule has 1 aromatic carbocycles. The van der Waals surface area contributed by atoms with Crippen LogP contribution in [0.4, 0.5) is 17.6 Å². The van der Waals surface area contributed by atoms with E-state index in [1.54, 1.807) is 19.9 Å². The Kier molecular flexibility index (Phi) is 6.05. The van der Waals surface area contributed by atoms with Crippen LogP contribution in [0.15, 0.2) is 24.3 Å². The topological polar surface area (TPSA) is 44.4 Å². The first-order valence-corrected chi connectivity index (χ1v) is 8.18. The molecular weight excluding hydrogens is 338 g/mol. The van der Waals surface area contributed by atoms with Crippen LogP contribution in [0, 0.1) is 5.82 Å². The molecule has 1 heterocycles. The fourth-order valence-electron chi connectivity index (χ4n) is 2.86. The average Bonchev–Trinajstić information content (AvgIpc) is 2.54. The lowest BCUT2D eigenvalue weighted by molar-refractivity contribution is -0.184. The Morgan fingerprint density at radius 2 is 1.92 bits per heavy atom. The molecule has 8 heteroatoms. The van der Waals surface area contributed by atoms with Gasteiger partial charge in [0.15, 0.2) is 0 Å². The van der Waals surface area contributed by atoms with E-state index in [4.69, 9.17) is 0 Å². The summed E-state index contributed by atoms with van der Waals surface area (Å²) in [6, 6.07) is 3.79. The van der Waals surface area contributed by atoms with E-state index in [1.807, 2.05) is 0 Å². The monoisotopic (exact) mass is 361 g/mol. The van der Waals surface area contributed by atoms with Crippen molar-refractivity contribution in [2.24, 2.45) is 0 Å². The number of nitrogens with one attached hydrogen (secondary N) is 2. The zero-order valence-electron chi connectivity index (χ0n) is 14.3. The lowest BCUT2D eigenvalue weighted by Gasteiger charge is -2.36. The van der Waals surface area contributed by atoms with Crippen LogP contribution >= 0.6 is 0 Å². The van der Waals surface area contributed by atoms with Gasteiger partial charge in [-0.05, 0) is 31.5 Å². The summed E-state index contributed by atoms with van der Waals surface area (Å²) < 4.78 is 53.5. The van der Waals surface area contributed by atoms with Crippen LogP contribution in [0.5, 0.6) is 0 Å². The highest BCUT2D eigenvalue weighted by molar-refractivity contribution is 5.87. The molecule has 1 aliphatic rings. The molecule has 2 N–H and O–H groups in total. The summed E-state index contributed by atoms with van der Waals surface area (Å²) >= 11 is 0. The SMILES string of the molecule is CC(C)(C(=O)NCC(N1CCNCC1)C(F)(F)F)c1cccc(F)c1. The van der Waals surface area contributed by atoms with Crippen LogP contribution in [0.25, 0.3) is 0 Å². The first-order chi connectivity index (χ1) is 11.6. The normalized spacial score (nSPS) is 18.0. The van der Waals surface area contributed by atoms with E-state index in [2.05, 4.69) is 10.6 Å². The lowest BCUT2D eigenvalue weighted by atomic mass is 9.83. The Morgan fingerprint density at radius 1 is 1.28 bits per heavy atom. The highest BCUT2D eigenvalue weighted by Crippen LogP contribution is 2.27. The molecule has 0 bridgehead atoms. The molecule has 25 heavy (non-hydrogen) atoms. The maximum Gasteiger partial charge on any atom is 0.405 e. The molecule has 1 aromatic rings. The van der Waals surface area contributed by atoms with E-state index in [9.17, 15) is 22.4 Å². The predicted octanol–water partition coefficient (Wildman–Crippen LogP) is 2.06. The van der Waals surface area contributed by atoms with Gasteiger partial charge in [-0.15, -0.1) is 0 Å². The third kappa shape index (κ3) is 4.92. The maximum absolute atomic E-state index is 13.4. The third-order valence-corrected chi connectivity index (χ3v) is 4.54. The van der Waals surface area contributed by atoms with Crippen molar-refractivity contribution in [3.8, 4) is 0 Å². The van der Waals surface area contributed by atoms with Gasteiger partial charge >= 0.3 is 6.18 Å². The van der Waals surface area contributed by atoms with E-state index in [1.165, 1.54) is 23.1 Å². The van der Waals surface area contributed by atoms with Crippen molar-refractivity contribution in [3.63, 3.8) is 0 Å². The molecule has 2 rings (SSSR count). The summed E-state index contributed by atoms with van der Waals surface area (Å²) in [6.45, 7) is 4.10. The highest BCUT2D eigenvalue weighted by Gasteiger charge is 2.44. The van der Waals surface area contributed by atoms with Crippen LogP contribution < -0.4 is 10.6 Å². The van der Waals surface area contributed by atoms with Gasteiger partial charge in [-0.1, -0.05) is 12.1 Å².